The van der Waals surface area contributed by atoms with Crippen LogP contribution in [0.25, 0.3) is 10.9 Å². The molecule has 0 spiro atoms. The van der Waals surface area contributed by atoms with Crippen molar-refractivity contribution in [1.29, 1.82) is 0 Å². The predicted octanol–water partition coefficient (Wildman–Crippen LogP) is 3.38. The summed E-state index contributed by atoms with van der Waals surface area (Å²) in [6.07, 6.45) is 2.33. The van der Waals surface area contributed by atoms with E-state index in [1.807, 2.05) is 28.6 Å². The molecule has 1 fully saturated rings. The first-order chi connectivity index (χ1) is 12.6. The summed E-state index contributed by atoms with van der Waals surface area (Å²) < 4.78 is 0. The highest BCUT2D eigenvalue weighted by Crippen LogP contribution is 2.25. The van der Waals surface area contributed by atoms with E-state index in [9.17, 15) is 4.79 Å². The molecule has 26 heavy (non-hydrogen) atoms. The molecule has 1 aromatic carbocycles. The molecule has 0 aliphatic carbocycles. The number of aromatic amines is 1. The van der Waals surface area contributed by atoms with Gasteiger partial charge >= 0.3 is 0 Å². The summed E-state index contributed by atoms with van der Waals surface area (Å²) in [4.78, 5) is 25.1. The number of piperazine rings is 1. The van der Waals surface area contributed by atoms with E-state index < -0.39 is 0 Å². The number of benzene rings is 1. The van der Waals surface area contributed by atoms with Crippen LogP contribution in [0.1, 0.15) is 29.2 Å². The number of aromatic nitrogens is 2. The third-order valence-electron chi connectivity index (χ3n) is 5.38. The molecule has 1 atom stereocenters. The number of nitrogens with one attached hydrogen (secondary N) is 1. The Morgan fingerprint density at radius 1 is 1.27 bits per heavy atom. The number of nitrogens with zero attached hydrogens (tertiary/aromatic N) is 3. The molecule has 3 aromatic rings. The molecule has 1 aliphatic heterocycles. The van der Waals surface area contributed by atoms with E-state index in [-0.39, 0.29) is 5.91 Å². The molecule has 0 saturated carbocycles. The van der Waals surface area contributed by atoms with Crippen LogP contribution in [0.4, 0.5) is 0 Å². The van der Waals surface area contributed by atoms with Crippen LogP contribution < -0.4 is 0 Å². The first-order valence-electron chi connectivity index (χ1n) is 9.11. The first kappa shape index (κ1) is 17.2. The van der Waals surface area contributed by atoms with Crippen molar-refractivity contribution < 1.29 is 4.79 Å². The maximum absolute atomic E-state index is 12.8. The van der Waals surface area contributed by atoms with Gasteiger partial charge in [-0.25, -0.2) is 4.98 Å². The minimum atomic E-state index is 0.222. The summed E-state index contributed by atoms with van der Waals surface area (Å²) in [5.74, 6) is 0.222. The lowest BCUT2D eigenvalue weighted by atomic mass is 10.1. The summed E-state index contributed by atoms with van der Waals surface area (Å²) in [5, 5.41) is 4.34. The van der Waals surface area contributed by atoms with Gasteiger partial charge in [0.2, 0.25) is 5.91 Å². The second-order valence-corrected chi connectivity index (χ2v) is 7.84. The zero-order valence-corrected chi connectivity index (χ0v) is 16.1. The number of aryl methyl sites for hydroxylation is 1. The third-order valence-corrected chi connectivity index (χ3v) is 6.32. The minimum absolute atomic E-state index is 0.222. The smallest absolute Gasteiger partial charge is 0.227 e. The van der Waals surface area contributed by atoms with Gasteiger partial charge in [0.15, 0.2) is 0 Å². The van der Waals surface area contributed by atoms with E-state index in [0.29, 0.717) is 12.5 Å². The van der Waals surface area contributed by atoms with E-state index >= 15 is 0 Å². The van der Waals surface area contributed by atoms with Crippen molar-refractivity contribution in [3.05, 3.63) is 52.1 Å². The van der Waals surface area contributed by atoms with Crippen LogP contribution >= 0.6 is 11.3 Å². The quantitative estimate of drug-likeness (QED) is 0.768. The highest BCUT2D eigenvalue weighted by molar-refractivity contribution is 7.09. The highest BCUT2D eigenvalue weighted by atomic mass is 32.1. The molecular formula is C20H24N4OS. The molecule has 1 unspecified atom stereocenters. The third kappa shape index (κ3) is 3.27. The molecule has 0 bridgehead atoms. The van der Waals surface area contributed by atoms with Crippen LogP contribution in [-0.4, -0.2) is 51.9 Å². The van der Waals surface area contributed by atoms with Gasteiger partial charge in [0.1, 0.15) is 5.01 Å². The van der Waals surface area contributed by atoms with Gasteiger partial charge in [-0.3, -0.25) is 9.69 Å². The van der Waals surface area contributed by atoms with Gasteiger partial charge in [-0.05, 0) is 25.5 Å². The van der Waals surface area contributed by atoms with Gasteiger partial charge in [-0.1, -0.05) is 18.2 Å². The second kappa shape index (κ2) is 7.21. The van der Waals surface area contributed by atoms with Crippen molar-refractivity contribution in [3.8, 4) is 0 Å². The molecule has 4 rings (SSSR count). The zero-order valence-electron chi connectivity index (χ0n) is 15.2. The van der Waals surface area contributed by atoms with E-state index in [2.05, 4.69) is 40.8 Å². The van der Waals surface area contributed by atoms with Crippen LogP contribution in [0.3, 0.4) is 0 Å². The standard InChI is InChI=1S/C20H24N4OS/c1-14-17(16-5-3-4-6-18(16)22-14)13-19(25)24-10-8-23(9-11-24)15(2)20-21-7-12-26-20/h3-7,12,15,22H,8-11,13H2,1-2H3. The molecule has 1 aliphatic rings. The largest absolute Gasteiger partial charge is 0.358 e. The normalized spacial score (nSPS) is 16.9. The number of para-hydroxylation sites is 1. The summed E-state index contributed by atoms with van der Waals surface area (Å²) in [7, 11) is 0. The fourth-order valence-corrected chi connectivity index (χ4v) is 4.51. The summed E-state index contributed by atoms with van der Waals surface area (Å²) in [5.41, 5.74) is 3.33. The number of H-pyrrole nitrogens is 1. The predicted molar refractivity (Wildman–Crippen MR) is 105 cm³/mol. The monoisotopic (exact) mass is 368 g/mol. The van der Waals surface area contributed by atoms with Crippen LogP contribution in [0.15, 0.2) is 35.8 Å². The Labute approximate surface area is 157 Å². The molecule has 5 nitrogen and oxygen atoms in total. The van der Waals surface area contributed by atoms with E-state index in [0.717, 1.165) is 53.3 Å². The second-order valence-electron chi connectivity index (χ2n) is 6.91. The van der Waals surface area contributed by atoms with Gasteiger partial charge in [0.25, 0.3) is 0 Å². The van der Waals surface area contributed by atoms with Crippen molar-refractivity contribution in [2.45, 2.75) is 26.3 Å². The molecule has 136 valence electrons. The topological polar surface area (TPSA) is 52.2 Å². The lowest BCUT2D eigenvalue weighted by molar-refractivity contribution is -0.132. The average Bonchev–Trinajstić information content (AvgIpc) is 3.30. The SMILES string of the molecule is Cc1[nH]c2ccccc2c1CC(=O)N1CCN(C(C)c2nccs2)CC1. The molecule has 6 heteroatoms. The molecule has 1 saturated heterocycles. The van der Waals surface area contributed by atoms with E-state index in [4.69, 9.17) is 0 Å². The Morgan fingerprint density at radius 2 is 2.04 bits per heavy atom. The highest BCUT2D eigenvalue weighted by Gasteiger charge is 2.26. The van der Waals surface area contributed by atoms with Gasteiger partial charge < -0.3 is 9.88 Å². The van der Waals surface area contributed by atoms with Crippen molar-refractivity contribution in [3.63, 3.8) is 0 Å². The van der Waals surface area contributed by atoms with Gasteiger partial charge in [-0.2, -0.15) is 0 Å². The number of carbonyl (C=O) groups is 1. The van der Waals surface area contributed by atoms with Crippen LogP contribution in [0.2, 0.25) is 0 Å². The maximum Gasteiger partial charge on any atom is 0.227 e. The Morgan fingerprint density at radius 3 is 2.77 bits per heavy atom. The molecule has 2 aromatic heterocycles. The summed E-state index contributed by atoms with van der Waals surface area (Å²) >= 11 is 1.70. The number of rotatable bonds is 4. The molecule has 1 N–H and O–H groups in total. The fourth-order valence-electron chi connectivity index (χ4n) is 3.78. The number of fused-ring (bicyclic) bond motifs is 1. The Balaban J connectivity index is 1.40. The fraction of sp³-hybridized carbons (Fsp3) is 0.400. The molecule has 0 radical (unpaired) electrons. The number of thiazole rings is 1. The van der Waals surface area contributed by atoms with Crippen LogP contribution in [-0.2, 0) is 11.2 Å². The number of hydrogen-bond acceptors (Lipinski definition) is 4. The van der Waals surface area contributed by atoms with Crippen molar-refractivity contribution in [2.24, 2.45) is 0 Å². The Hall–Kier alpha value is -2.18. The van der Waals surface area contributed by atoms with Crippen molar-refractivity contribution >= 4 is 28.1 Å². The number of amides is 1. The number of carbonyl (C=O) groups excluding carboxylic acids is 1. The van der Waals surface area contributed by atoms with Crippen LogP contribution in [0.5, 0.6) is 0 Å². The number of hydrogen-bond donors (Lipinski definition) is 1. The van der Waals surface area contributed by atoms with Crippen LogP contribution in [0, 0.1) is 6.92 Å². The summed E-state index contributed by atoms with van der Waals surface area (Å²) in [6.45, 7) is 7.63. The molecular weight excluding hydrogens is 344 g/mol. The average molecular weight is 369 g/mol. The maximum atomic E-state index is 12.8. The lowest BCUT2D eigenvalue weighted by Gasteiger charge is -2.37. The first-order valence-corrected chi connectivity index (χ1v) is 9.99. The Bertz CT molecular complexity index is 894. The molecule has 1 amide bonds. The van der Waals surface area contributed by atoms with Crippen molar-refractivity contribution in [2.75, 3.05) is 26.2 Å². The zero-order chi connectivity index (χ0) is 18.1. The van der Waals surface area contributed by atoms with Crippen molar-refractivity contribution in [1.82, 2.24) is 19.8 Å². The van der Waals surface area contributed by atoms with E-state index in [1.165, 1.54) is 0 Å². The molecule has 3 heterocycles. The van der Waals surface area contributed by atoms with Gasteiger partial charge in [0, 0.05) is 54.4 Å². The van der Waals surface area contributed by atoms with E-state index in [1.54, 1.807) is 11.3 Å². The minimum Gasteiger partial charge on any atom is -0.358 e. The summed E-state index contributed by atoms with van der Waals surface area (Å²) in [6, 6.07) is 8.53. The van der Waals surface area contributed by atoms with Gasteiger partial charge in [0.05, 0.1) is 12.5 Å². The van der Waals surface area contributed by atoms with Gasteiger partial charge in [-0.15, -0.1) is 11.3 Å². The Kier molecular flexibility index (Phi) is 4.78. The lowest BCUT2D eigenvalue weighted by Crippen LogP contribution is -2.49.